The zero-order valence-corrected chi connectivity index (χ0v) is 20.4. The molecule has 0 aromatic heterocycles. The van der Waals surface area contributed by atoms with E-state index in [2.05, 4.69) is 10.6 Å². The van der Waals surface area contributed by atoms with E-state index in [0.717, 1.165) is 0 Å². The number of methoxy groups -OCH3 is 1. The quantitative estimate of drug-likeness (QED) is 0.544. The predicted octanol–water partition coefficient (Wildman–Crippen LogP) is 2.71. The molecular weight excluding hydrogens is 467 g/mol. The molecule has 0 aliphatic carbocycles. The molecule has 1 aromatic rings. The summed E-state index contributed by atoms with van der Waals surface area (Å²) < 4.78 is 44.0. The predicted molar refractivity (Wildman–Crippen MR) is 122 cm³/mol. The van der Waals surface area contributed by atoms with E-state index in [-0.39, 0.29) is 18.9 Å². The normalized spacial score (nSPS) is 17.8. The van der Waals surface area contributed by atoms with Gasteiger partial charge in [-0.3, -0.25) is 19.2 Å². The zero-order valence-electron chi connectivity index (χ0n) is 20.4. The van der Waals surface area contributed by atoms with Crippen LogP contribution in [0.5, 0.6) is 5.75 Å². The fourth-order valence-corrected chi connectivity index (χ4v) is 3.92. The standard InChI is InChI=1S/C24H32F3N3O5/c1-13(2)18(20(31)24(25,26)27)28-22(33)17-7-6-12-30(17)23(34)19(14(3)4)29-21(32)15-8-10-16(35-5)11-9-15/h8-11,13-14,17-19H,6-7,12H2,1-5H3,(H,28,33)(H,29,32)/t17?,18-,19-/m0/s1. The van der Waals surface area contributed by atoms with Crippen LogP contribution in [0, 0.1) is 11.8 Å². The minimum Gasteiger partial charge on any atom is -0.497 e. The van der Waals surface area contributed by atoms with Crippen LogP contribution in [0.3, 0.4) is 0 Å². The maximum atomic E-state index is 13.3. The van der Waals surface area contributed by atoms with Crippen LogP contribution < -0.4 is 15.4 Å². The lowest BCUT2D eigenvalue weighted by Gasteiger charge is -2.32. The SMILES string of the molecule is COc1ccc(C(=O)N[C@H](C(=O)N2CCCC2C(=O)N[C@H](C(=O)C(F)(F)F)C(C)C)C(C)C)cc1. The number of ether oxygens (including phenoxy) is 1. The van der Waals surface area contributed by atoms with Crippen LogP contribution in [0.2, 0.25) is 0 Å². The molecule has 0 saturated carbocycles. The third kappa shape index (κ3) is 6.95. The van der Waals surface area contributed by atoms with E-state index in [4.69, 9.17) is 4.74 Å². The average Bonchev–Trinajstić information content (AvgIpc) is 3.29. The Morgan fingerprint density at radius 1 is 0.971 bits per heavy atom. The second-order valence-electron chi connectivity index (χ2n) is 9.21. The summed E-state index contributed by atoms with van der Waals surface area (Å²) in [4.78, 5) is 52.0. The molecule has 35 heavy (non-hydrogen) atoms. The van der Waals surface area contributed by atoms with Gasteiger partial charge in [-0.1, -0.05) is 27.7 Å². The topological polar surface area (TPSA) is 105 Å². The van der Waals surface area contributed by atoms with Gasteiger partial charge in [0, 0.05) is 12.1 Å². The minimum absolute atomic E-state index is 0.206. The van der Waals surface area contributed by atoms with Crippen LogP contribution in [-0.4, -0.2) is 66.4 Å². The van der Waals surface area contributed by atoms with E-state index in [1.54, 1.807) is 38.1 Å². The Hall–Kier alpha value is -3.11. The third-order valence-electron chi connectivity index (χ3n) is 5.94. The number of alkyl halides is 3. The molecule has 1 aliphatic rings. The van der Waals surface area contributed by atoms with Crippen LogP contribution in [-0.2, 0) is 14.4 Å². The van der Waals surface area contributed by atoms with E-state index in [1.165, 1.54) is 25.9 Å². The van der Waals surface area contributed by atoms with Crippen molar-refractivity contribution in [3.05, 3.63) is 29.8 Å². The lowest BCUT2D eigenvalue weighted by Crippen LogP contribution is -2.58. The van der Waals surface area contributed by atoms with Crippen molar-refractivity contribution in [2.75, 3.05) is 13.7 Å². The van der Waals surface area contributed by atoms with Gasteiger partial charge in [0.2, 0.25) is 11.8 Å². The fourth-order valence-electron chi connectivity index (χ4n) is 3.92. The van der Waals surface area contributed by atoms with Gasteiger partial charge >= 0.3 is 6.18 Å². The molecule has 8 nitrogen and oxygen atoms in total. The number of nitrogens with one attached hydrogen (secondary N) is 2. The molecule has 3 atom stereocenters. The van der Waals surface area contributed by atoms with Crippen molar-refractivity contribution in [1.82, 2.24) is 15.5 Å². The molecule has 0 spiro atoms. The highest BCUT2D eigenvalue weighted by Gasteiger charge is 2.46. The summed E-state index contributed by atoms with van der Waals surface area (Å²) in [5, 5.41) is 4.89. The van der Waals surface area contributed by atoms with Gasteiger partial charge in [0.05, 0.1) is 13.2 Å². The van der Waals surface area contributed by atoms with Gasteiger partial charge in [0.1, 0.15) is 17.8 Å². The maximum Gasteiger partial charge on any atom is 0.452 e. The van der Waals surface area contributed by atoms with Crippen molar-refractivity contribution in [2.24, 2.45) is 11.8 Å². The van der Waals surface area contributed by atoms with Gasteiger partial charge in [0.15, 0.2) is 0 Å². The Bertz CT molecular complexity index is 931. The third-order valence-corrected chi connectivity index (χ3v) is 5.94. The zero-order chi connectivity index (χ0) is 26.5. The molecule has 11 heteroatoms. The summed E-state index contributed by atoms with van der Waals surface area (Å²) in [7, 11) is 1.49. The lowest BCUT2D eigenvalue weighted by atomic mass is 9.98. The van der Waals surface area contributed by atoms with Crippen LogP contribution in [0.15, 0.2) is 24.3 Å². The van der Waals surface area contributed by atoms with Crippen molar-refractivity contribution < 1.29 is 37.1 Å². The summed E-state index contributed by atoms with van der Waals surface area (Å²) >= 11 is 0. The summed E-state index contributed by atoms with van der Waals surface area (Å²) in [6.07, 6.45) is -4.40. The molecule has 1 aromatic carbocycles. The number of carbonyl (C=O) groups excluding carboxylic acids is 4. The highest BCUT2D eigenvalue weighted by atomic mass is 19.4. The summed E-state index contributed by atoms with van der Waals surface area (Å²) in [6, 6.07) is 2.55. The first kappa shape index (κ1) is 28.1. The molecule has 2 N–H and O–H groups in total. The number of likely N-dealkylation sites (tertiary alicyclic amines) is 1. The number of hydrogen-bond acceptors (Lipinski definition) is 5. The highest BCUT2D eigenvalue weighted by molar-refractivity contribution is 5.99. The largest absolute Gasteiger partial charge is 0.497 e. The number of benzene rings is 1. The van der Waals surface area contributed by atoms with E-state index in [1.807, 2.05) is 0 Å². The summed E-state index contributed by atoms with van der Waals surface area (Å²) in [6.45, 7) is 6.47. The first-order valence-electron chi connectivity index (χ1n) is 11.4. The van der Waals surface area contributed by atoms with Gasteiger partial charge in [0.25, 0.3) is 11.7 Å². The summed E-state index contributed by atoms with van der Waals surface area (Å²) in [5.41, 5.74) is 0.311. The number of rotatable bonds is 9. The number of halogens is 3. The molecule has 1 aliphatic heterocycles. The first-order valence-corrected chi connectivity index (χ1v) is 11.4. The molecule has 1 fully saturated rings. The number of hydrogen-bond donors (Lipinski definition) is 2. The molecule has 1 heterocycles. The maximum absolute atomic E-state index is 13.3. The molecule has 2 rings (SSSR count). The number of nitrogens with zero attached hydrogens (tertiary/aromatic N) is 1. The van der Waals surface area contributed by atoms with E-state index < -0.39 is 53.7 Å². The highest BCUT2D eigenvalue weighted by Crippen LogP contribution is 2.24. The van der Waals surface area contributed by atoms with E-state index in [0.29, 0.717) is 17.7 Å². The number of carbonyl (C=O) groups is 4. The van der Waals surface area contributed by atoms with Gasteiger partial charge in [-0.2, -0.15) is 13.2 Å². The summed E-state index contributed by atoms with van der Waals surface area (Å²) in [5.74, 6) is -4.43. The lowest BCUT2D eigenvalue weighted by molar-refractivity contribution is -0.175. The molecule has 0 bridgehead atoms. The van der Waals surface area contributed by atoms with Crippen molar-refractivity contribution in [3.63, 3.8) is 0 Å². The van der Waals surface area contributed by atoms with Crippen LogP contribution >= 0.6 is 0 Å². The van der Waals surface area contributed by atoms with Gasteiger partial charge in [-0.25, -0.2) is 0 Å². The second kappa shape index (κ2) is 11.5. The molecular formula is C24H32F3N3O5. The van der Waals surface area contributed by atoms with Crippen molar-refractivity contribution in [2.45, 2.75) is 64.8 Å². The van der Waals surface area contributed by atoms with Crippen molar-refractivity contribution in [3.8, 4) is 5.75 Å². The smallest absolute Gasteiger partial charge is 0.452 e. The van der Waals surface area contributed by atoms with Crippen LogP contribution in [0.1, 0.15) is 50.9 Å². The Morgan fingerprint density at radius 3 is 2.03 bits per heavy atom. The first-order chi connectivity index (χ1) is 16.3. The van der Waals surface area contributed by atoms with Crippen molar-refractivity contribution in [1.29, 1.82) is 0 Å². The molecule has 1 saturated heterocycles. The Balaban J connectivity index is 2.17. The molecule has 1 unspecified atom stereocenters. The van der Waals surface area contributed by atoms with Crippen LogP contribution in [0.4, 0.5) is 13.2 Å². The second-order valence-corrected chi connectivity index (χ2v) is 9.21. The number of amides is 3. The number of ketones is 1. The minimum atomic E-state index is -5.10. The molecule has 194 valence electrons. The monoisotopic (exact) mass is 499 g/mol. The number of Topliss-reactive ketones (excluding diaryl/α,β-unsaturated/α-hetero) is 1. The van der Waals surface area contributed by atoms with E-state index >= 15 is 0 Å². The van der Waals surface area contributed by atoms with E-state index in [9.17, 15) is 32.3 Å². The van der Waals surface area contributed by atoms with Crippen LogP contribution in [0.25, 0.3) is 0 Å². The van der Waals surface area contributed by atoms with Gasteiger partial charge in [-0.15, -0.1) is 0 Å². The van der Waals surface area contributed by atoms with Crippen molar-refractivity contribution >= 4 is 23.5 Å². The molecule has 3 amide bonds. The van der Waals surface area contributed by atoms with Gasteiger partial charge in [-0.05, 0) is 48.9 Å². The molecule has 0 radical (unpaired) electrons. The Labute approximate surface area is 202 Å². The fraction of sp³-hybridized carbons (Fsp3) is 0.583. The Kier molecular flexibility index (Phi) is 9.28. The average molecular weight is 500 g/mol. The Morgan fingerprint density at radius 2 is 1.54 bits per heavy atom. The van der Waals surface area contributed by atoms with Gasteiger partial charge < -0.3 is 20.3 Å².